The second kappa shape index (κ2) is 4.16. The average molecular weight is 221 g/mol. The first-order valence-corrected chi connectivity index (χ1v) is 6.60. The van der Waals surface area contributed by atoms with Crippen molar-refractivity contribution in [1.29, 1.82) is 0 Å². The fraction of sp³-hybridized carbons (Fsp3) is 1.00. The Labute approximate surface area is 85.8 Å². The van der Waals surface area contributed by atoms with E-state index < -0.39 is 20.8 Å². The number of rotatable bonds is 4. The van der Waals surface area contributed by atoms with Crippen molar-refractivity contribution in [1.82, 2.24) is 4.72 Å². The molecule has 1 rings (SSSR count). The molecule has 0 unspecified atom stereocenters. The van der Waals surface area contributed by atoms with Gasteiger partial charge in [0.05, 0.1) is 17.4 Å². The van der Waals surface area contributed by atoms with Crippen LogP contribution in [-0.4, -0.2) is 30.9 Å². The first-order valence-electron chi connectivity index (χ1n) is 5.05. The maximum absolute atomic E-state index is 11.6. The van der Waals surface area contributed by atoms with E-state index in [1.165, 1.54) is 0 Å². The van der Waals surface area contributed by atoms with E-state index in [2.05, 4.69) is 4.72 Å². The van der Waals surface area contributed by atoms with Gasteiger partial charge in [-0.05, 0) is 26.7 Å². The molecular weight excluding hydrogens is 202 g/mol. The summed E-state index contributed by atoms with van der Waals surface area (Å²) in [5.74, 6) is 0. The third kappa shape index (κ3) is 2.46. The molecule has 0 aromatic rings. The highest BCUT2D eigenvalue weighted by Gasteiger charge is 2.37. The molecule has 0 aliphatic heterocycles. The lowest BCUT2D eigenvalue weighted by molar-refractivity contribution is 0.185. The number of hydrogen-bond donors (Lipinski definition) is 2. The van der Waals surface area contributed by atoms with Crippen LogP contribution in [0.4, 0.5) is 0 Å². The van der Waals surface area contributed by atoms with Gasteiger partial charge < -0.3 is 5.11 Å². The summed E-state index contributed by atoms with van der Waals surface area (Å²) < 4.78 is 25.9. The van der Waals surface area contributed by atoms with Crippen molar-refractivity contribution in [2.45, 2.75) is 50.3 Å². The maximum Gasteiger partial charge on any atom is 0.214 e. The van der Waals surface area contributed by atoms with Crippen LogP contribution in [0.3, 0.4) is 0 Å². The SMILES string of the molecule is CC(C)S(=O)(=O)NC1(CO)CCCC1. The molecule has 0 aromatic carbocycles. The van der Waals surface area contributed by atoms with E-state index >= 15 is 0 Å². The highest BCUT2D eigenvalue weighted by atomic mass is 32.2. The van der Waals surface area contributed by atoms with Crippen LogP contribution in [0.25, 0.3) is 0 Å². The van der Waals surface area contributed by atoms with Crippen molar-refractivity contribution in [2.24, 2.45) is 0 Å². The molecule has 14 heavy (non-hydrogen) atoms. The van der Waals surface area contributed by atoms with Gasteiger partial charge in [-0.2, -0.15) is 0 Å². The highest BCUT2D eigenvalue weighted by Crippen LogP contribution is 2.30. The van der Waals surface area contributed by atoms with E-state index in [9.17, 15) is 13.5 Å². The van der Waals surface area contributed by atoms with Crippen LogP contribution in [0.15, 0.2) is 0 Å². The Bertz CT molecular complexity index is 278. The molecular formula is C9H19NO3S. The van der Waals surface area contributed by atoms with E-state index in [0.29, 0.717) is 0 Å². The van der Waals surface area contributed by atoms with Gasteiger partial charge in [-0.25, -0.2) is 13.1 Å². The zero-order valence-electron chi connectivity index (χ0n) is 8.78. The topological polar surface area (TPSA) is 66.4 Å². The number of aliphatic hydroxyl groups excluding tert-OH is 1. The molecule has 0 spiro atoms. The molecule has 0 bridgehead atoms. The molecule has 0 radical (unpaired) electrons. The minimum atomic E-state index is -3.26. The summed E-state index contributed by atoms with van der Waals surface area (Å²) in [5.41, 5.74) is -0.580. The fourth-order valence-electron chi connectivity index (χ4n) is 1.76. The van der Waals surface area contributed by atoms with Gasteiger partial charge in [-0.15, -0.1) is 0 Å². The molecule has 1 aliphatic rings. The number of sulfonamides is 1. The second-order valence-electron chi connectivity index (χ2n) is 4.34. The minimum Gasteiger partial charge on any atom is -0.394 e. The van der Waals surface area contributed by atoms with Crippen LogP contribution >= 0.6 is 0 Å². The smallest absolute Gasteiger partial charge is 0.214 e. The molecule has 0 amide bonds. The van der Waals surface area contributed by atoms with E-state index in [-0.39, 0.29) is 6.61 Å². The van der Waals surface area contributed by atoms with E-state index in [0.717, 1.165) is 25.7 Å². The summed E-state index contributed by atoms with van der Waals surface area (Å²) in [6, 6.07) is 0. The summed E-state index contributed by atoms with van der Waals surface area (Å²) in [5, 5.41) is 8.80. The first-order chi connectivity index (χ1) is 6.42. The lowest BCUT2D eigenvalue weighted by atomic mass is 10.0. The van der Waals surface area contributed by atoms with Crippen molar-refractivity contribution >= 4 is 10.0 Å². The fourth-order valence-corrected chi connectivity index (χ4v) is 2.87. The number of hydrogen-bond acceptors (Lipinski definition) is 3. The molecule has 0 heterocycles. The zero-order chi connectivity index (χ0) is 10.8. The van der Waals surface area contributed by atoms with Crippen molar-refractivity contribution in [3.8, 4) is 0 Å². The van der Waals surface area contributed by atoms with Gasteiger partial charge in [0.25, 0.3) is 0 Å². The number of aliphatic hydroxyl groups is 1. The van der Waals surface area contributed by atoms with Crippen molar-refractivity contribution in [3.05, 3.63) is 0 Å². The third-order valence-corrected chi connectivity index (χ3v) is 4.80. The standard InChI is InChI=1S/C9H19NO3S/c1-8(2)14(12,13)10-9(7-11)5-3-4-6-9/h8,10-11H,3-7H2,1-2H3. The molecule has 0 atom stereocenters. The van der Waals surface area contributed by atoms with Gasteiger partial charge in [0, 0.05) is 0 Å². The molecule has 4 nitrogen and oxygen atoms in total. The van der Waals surface area contributed by atoms with Crippen molar-refractivity contribution in [2.75, 3.05) is 6.61 Å². The first kappa shape index (κ1) is 11.9. The van der Waals surface area contributed by atoms with Gasteiger partial charge in [0.15, 0.2) is 0 Å². The Kier molecular flexibility index (Phi) is 3.55. The van der Waals surface area contributed by atoms with E-state index in [1.807, 2.05) is 0 Å². The van der Waals surface area contributed by atoms with Crippen LogP contribution in [0, 0.1) is 0 Å². The van der Waals surface area contributed by atoms with E-state index in [1.54, 1.807) is 13.8 Å². The lowest BCUT2D eigenvalue weighted by Crippen LogP contribution is -2.51. The predicted molar refractivity (Wildman–Crippen MR) is 55.5 cm³/mol. The molecule has 2 N–H and O–H groups in total. The Morgan fingerprint density at radius 3 is 2.21 bits per heavy atom. The monoisotopic (exact) mass is 221 g/mol. The van der Waals surface area contributed by atoms with Crippen LogP contribution in [0.5, 0.6) is 0 Å². The number of nitrogens with one attached hydrogen (secondary N) is 1. The summed E-state index contributed by atoms with van der Waals surface area (Å²) in [4.78, 5) is 0. The molecule has 5 heteroatoms. The van der Waals surface area contributed by atoms with Crippen LogP contribution < -0.4 is 4.72 Å². The normalized spacial score (nSPS) is 21.7. The average Bonchev–Trinajstić information content (AvgIpc) is 2.53. The van der Waals surface area contributed by atoms with E-state index in [4.69, 9.17) is 0 Å². The molecule has 1 saturated carbocycles. The van der Waals surface area contributed by atoms with Crippen LogP contribution in [0.2, 0.25) is 0 Å². The Morgan fingerprint density at radius 1 is 1.36 bits per heavy atom. The zero-order valence-corrected chi connectivity index (χ0v) is 9.60. The maximum atomic E-state index is 11.6. The largest absolute Gasteiger partial charge is 0.394 e. The molecule has 0 aromatic heterocycles. The quantitative estimate of drug-likeness (QED) is 0.731. The van der Waals surface area contributed by atoms with Gasteiger partial charge >= 0.3 is 0 Å². The molecule has 0 saturated heterocycles. The Morgan fingerprint density at radius 2 is 1.86 bits per heavy atom. The summed E-state index contributed by atoms with van der Waals surface area (Å²) in [6.07, 6.45) is 3.47. The minimum absolute atomic E-state index is 0.0983. The third-order valence-electron chi connectivity index (χ3n) is 2.84. The van der Waals surface area contributed by atoms with Gasteiger partial charge in [-0.3, -0.25) is 0 Å². The second-order valence-corrected chi connectivity index (χ2v) is 6.58. The molecule has 84 valence electrons. The van der Waals surface area contributed by atoms with Gasteiger partial charge in [-0.1, -0.05) is 12.8 Å². The Balaban J connectivity index is 2.75. The van der Waals surface area contributed by atoms with Crippen molar-refractivity contribution in [3.63, 3.8) is 0 Å². The molecule has 1 fully saturated rings. The van der Waals surface area contributed by atoms with Gasteiger partial charge in [0.2, 0.25) is 10.0 Å². The Hall–Kier alpha value is -0.130. The summed E-state index contributed by atoms with van der Waals surface area (Å²) in [7, 11) is -3.26. The predicted octanol–water partition coefficient (Wildman–Crippen LogP) is 0.619. The van der Waals surface area contributed by atoms with Crippen LogP contribution in [0.1, 0.15) is 39.5 Å². The highest BCUT2D eigenvalue weighted by molar-refractivity contribution is 7.90. The van der Waals surface area contributed by atoms with Gasteiger partial charge in [0.1, 0.15) is 0 Å². The van der Waals surface area contributed by atoms with Crippen LogP contribution in [-0.2, 0) is 10.0 Å². The lowest BCUT2D eigenvalue weighted by Gasteiger charge is -2.28. The van der Waals surface area contributed by atoms with Crippen molar-refractivity contribution < 1.29 is 13.5 Å². The summed E-state index contributed by atoms with van der Waals surface area (Å²) >= 11 is 0. The molecule has 1 aliphatic carbocycles. The summed E-state index contributed by atoms with van der Waals surface area (Å²) in [6.45, 7) is 3.18.